The van der Waals surface area contributed by atoms with Gasteiger partial charge in [-0.15, -0.1) is 0 Å². The Morgan fingerprint density at radius 2 is 1.85 bits per heavy atom. The van der Waals surface area contributed by atoms with Crippen LogP contribution in [-0.2, 0) is 5.41 Å². The van der Waals surface area contributed by atoms with Crippen LogP contribution in [0.15, 0.2) is 24.3 Å². The Labute approximate surface area is 115 Å². The number of nitrogens with one attached hydrogen (secondary N) is 1. The van der Waals surface area contributed by atoms with E-state index in [2.05, 4.69) is 11.4 Å². The van der Waals surface area contributed by atoms with Gasteiger partial charge in [0.05, 0.1) is 11.5 Å². The zero-order chi connectivity index (χ0) is 14.4. The molecule has 0 aliphatic heterocycles. The lowest BCUT2D eigenvalue weighted by Crippen LogP contribution is -2.50. The maximum absolute atomic E-state index is 12.7. The molecule has 0 aromatic heterocycles. The maximum Gasteiger partial charge on any atom is 0.252 e. The Bertz CT molecular complexity index is 577. The molecule has 3 rings (SSSR count). The van der Waals surface area contributed by atoms with Crippen LogP contribution in [0, 0.1) is 11.3 Å². The quantitative estimate of drug-likeness (QED) is 0.923. The minimum atomic E-state index is -2.63. The first-order chi connectivity index (χ1) is 9.44. The second kappa shape index (κ2) is 4.27. The van der Waals surface area contributed by atoms with Crippen LogP contribution in [0.3, 0.4) is 0 Å². The van der Waals surface area contributed by atoms with Crippen molar-refractivity contribution in [3.8, 4) is 6.07 Å². The number of alkyl halides is 2. The highest BCUT2D eigenvalue weighted by Gasteiger charge is 2.46. The van der Waals surface area contributed by atoms with Crippen LogP contribution in [-0.4, -0.2) is 17.9 Å². The molecule has 3 nitrogen and oxygen atoms in total. The number of hydrogen-bond acceptors (Lipinski definition) is 2. The van der Waals surface area contributed by atoms with Crippen LogP contribution in [0.2, 0.25) is 0 Å². The van der Waals surface area contributed by atoms with Crippen molar-refractivity contribution in [2.45, 2.75) is 43.1 Å². The third-order valence-corrected chi connectivity index (χ3v) is 4.09. The van der Waals surface area contributed by atoms with E-state index >= 15 is 0 Å². The predicted molar refractivity (Wildman–Crippen MR) is 68.4 cm³/mol. The van der Waals surface area contributed by atoms with Crippen molar-refractivity contribution < 1.29 is 13.6 Å². The lowest BCUT2D eigenvalue weighted by atomic mass is 9.88. The number of benzene rings is 1. The molecule has 0 radical (unpaired) electrons. The molecule has 20 heavy (non-hydrogen) atoms. The molecular weight excluding hydrogens is 262 g/mol. The van der Waals surface area contributed by atoms with Crippen LogP contribution in [0.5, 0.6) is 0 Å². The van der Waals surface area contributed by atoms with Gasteiger partial charge in [-0.2, -0.15) is 5.26 Å². The van der Waals surface area contributed by atoms with E-state index in [9.17, 15) is 13.6 Å². The Morgan fingerprint density at radius 3 is 2.30 bits per heavy atom. The highest BCUT2D eigenvalue weighted by molar-refractivity contribution is 5.94. The van der Waals surface area contributed by atoms with E-state index in [4.69, 9.17) is 5.26 Å². The molecule has 0 unspecified atom stereocenters. The summed E-state index contributed by atoms with van der Waals surface area (Å²) in [6, 6.07) is 8.71. The number of nitriles is 1. The third kappa shape index (κ3) is 2.26. The van der Waals surface area contributed by atoms with E-state index in [0.29, 0.717) is 5.56 Å². The minimum absolute atomic E-state index is 0.283. The summed E-state index contributed by atoms with van der Waals surface area (Å²) < 4.78 is 25.4. The van der Waals surface area contributed by atoms with Gasteiger partial charge in [-0.25, -0.2) is 8.78 Å². The highest BCUT2D eigenvalue weighted by atomic mass is 19.3. The molecule has 2 aliphatic rings. The van der Waals surface area contributed by atoms with E-state index in [-0.39, 0.29) is 24.2 Å². The van der Waals surface area contributed by atoms with Gasteiger partial charge in [-0.05, 0) is 30.5 Å². The fourth-order valence-corrected chi connectivity index (χ4v) is 2.56. The molecule has 1 amide bonds. The SMILES string of the molecule is N#CC1(c2ccc(C(=O)NC3CC(F)(F)C3)cc2)CC1. The van der Waals surface area contributed by atoms with E-state index in [0.717, 1.165) is 18.4 Å². The first-order valence-electron chi connectivity index (χ1n) is 6.65. The van der Waals surface area contributed by atoms with Gasteiger partial charge in [0.2, 0.25) is 0 Å². The zero-order valence-electron chi connectivity index (χ0n) is 10.8. The van der Waals surface area contributed by atoms with Gasteiger partial charge < -0.3 is 5.32 Å². The standard InChI is InChI=1S/C15H14F2N2O/c16-15(17)7-12(8-15)19-13(20)10-1-3-11(4-2-10)14(9-18)5-6-14/h1-4,12H,5-8H2,(H,19,20). The molecule has 0 atom stereocenters. The fourth-order valence-electron chi connectivity index (χ4n) is 2.56. The van der Waals surface area contributed by atoms with Gasteiger partial charge in [-0.3, -0.25) is 4.79 Å². The third-order valence-electron chi connectivity index (χ3n) is 4.09. The molecule has 2 aliphatic carbocycles. The second-order valence-electron chi connectivity index (χ2n) is 5.71. The first-order valence-corrected chi connectivity index (χ1v) is 6.65. The molecule has 1 N–H and O–H groups in total. The fraction of sp³-hybridized carbons (Fsp3) is 0.467. The molecule has 2 saturated carbocycles. The maximum atomic E-state index is 12.7. The van der Waals surface area contributed by atoms with Crippen molar-refractivity contribution in [1.29, 1.82) is 5.26 Å². The lowest BCUT2D eigenvalue weighted by Gasteiger charge is -2.35. The summed E-state index contributed by atoms with van der Waals surface area (Å²) in [7, 11) is 0. The molecule has 0 saturated heterocycles. The van der Waals surface area contributed by atoms with Crippen molar-refractivity contribution in [2.75, 3.05) is 0 Å². The van der Waals surface area contributed by atoms with Crippen molar-refractivity contribution >= 4 is 5.91 Å². The van der Waals surface area contributed by atoms with Gasteiger partial charge in [0, 0.05) is 24.4 Å². The van der Waals surface area contributed by atoms with Gasteiger partial charge in [-0.1, -0.05) is 12.1 Å². The Kier molecular flexibility index (Phi) is 2.79. The monoisotopic (exact) mass is 276 g/mol. The normalized spacial score (nSPS) is 22.4. The van der Waals surface area contributed by atoms with Crippen LogP contribution in [0.1, 0.15) is 41.6 Å². The number of halogens is 2. The van der Waals surface area contributed by atoms with Crippen LogP contribution >= 0.6 is 0 Å². The van der Waals surface area contributed by atoms with Crippen molar-refractivity contribution in [2.24, 2.45) is 0 Å². The molecule has 1 aromatic carbocycles. The molecule has 0 bridgehead atoms. The predicted octanol–water partition coefficient (Wildman–Crippen LogP) is 2.77. The molecule has 0 spiro atoms. The van der Waals surface area contributed by atoms with Gasteiger partial charge in [0.15, 0.2) is 0 Å². The lowest BCUT2D eigenvalue weighted by molar-refractivity contribution is -0.0901. The minimum Gasteiger partial charge on any atom is -0.349 e. The molecule has 2 fully saturated rings. The van der Waals surface area contributed by atoms with Gasteiger partial charge in [0.25, 0.3) is 11.8 Å². The summed E-state index contributed by atoms with van der Waals surface area (Å²) in [6.07, 6.45) is 1.14. The van der Waals surface area contributed by atoms with Crippen molar-refractivity contribution in [3.05, 3.63) is 35.4 Å². The summed E-state index contributed by atoms with van der Waals surface area (Å²) in [6.45, 7) is 0. The van der Waals surface area contributed by atoms with Gasteiger partial charge >= 0.3 is 0 Å². The van der Waals surface area contributed by atoms with Crippen LogP contribution in [0.25, 0.3) is 0 Å². The van der Waals surface area contributed by atoms with Crippen molar-refractivity contribution in [1.82, 2.24) is 5.32 Å². The molecule has 0 heterocycles. The van der Waals surface area contributed by atoms with E-state index < -0.39 is 12.0 Å². The Balaban J connectivity index is 1.63. The Morgan fingerprint density at radius 1 is 1.25 bits per heavy atom. The van der Waals surface area contributed by atoms with Crippen molar-refractivity contribution in [3.63, 3.8) is 0 Å². The largest absolute Gasteiger partial charge is 0.349 e. The smallest absolute Gasteiger partial charge is 0.252 e. The molecule has 104 valence electrons. The van der Waals surface area contributed by atoms with Gasteiger partial charge in [0.1, 0.15) is 0 Å². The van der Waals surface area contributed by atoms with Crippen LogP contribution < -0.4 is 5.32 Å². The average Bonchev–Trinajstić information content (AvgIpc) is 3.18. The number of nitrogens with zero attached hydrogens (tertiary/aromatic N) is 1. The number of amides is 1. The van der Waals surface area contributed by atoms with E-state index in [1.165, 1.54) is 0 Å². The molecule has 1 aromatic rings. The number of rotatable bonds is 3. The summed E-state index contributed by atoms with van der Waals surface area (Å²) in [5.74, 6) is -2.97. The number of carbonyl (C=O) groups is 1. The number of carbonyl (C=O) groups excluding carboxylic acids is 1. The van der Waals surface area contributed by atoms with Crippen LogP contribution in [0.4, 0.5) is 8.78 Å². The molecular formula is C15H14F2N2O. The average molecular weight is 276 g/mol. The Hall–Kier alpha value is -1.96. The zero-order valence-corrected chi connectivity index (χ0v) is 10.8. The second-order valence-corrected chi connectivity index (χ2v) is 5.71. The summed E-state index contributed by atoms with van der Waals surface area (Å²) in [5, 5.41) is 11.7. The number of hydrogen-bond donors (Lipinski definition) is 1. The molecule has 5 heteroatoms. The first kappa shape index (κ1) is 13.0. The highest BCUT2D eigenvalue weighted by Crippen LogP contribution is 2.47. The summed E-state index contributed by atoms with van der Waals surface area (Å²) in [4.78, 5) is 11.9. The topological polar surface area (TPSA) is 52.9 Å². The van der Waals surface area contributed by atoms with E-state index in [1.54, 1.807) is 24.3 Å². The summed E-state index contributed by atoms with van der Waals surface area (Å²) in [5.41, 5.74) is 0.995. The van der Waals surface area contributed by atoms with E-state index in [1.807, 2.05) is 0 Å². The summed E-state index contributed by atoms with van der Waals surface area (Å²) >= 11 is 0.